The van der Waals surface area contributed by atoms with Gasteiger partial charge in [-0.05, 0) is 60.0 Å². The summed E-state index contributed by atoms with van der Waals surface area (Å²) in [6, 6.07) is 13.7. The fraction of sp³-hybridized carbons (Fsp3) is 0.222. The molecule has 0 saturated heterocycles. The largest absolute Gasteiger partial charge is 0.493 e. The van der Waals surface area contributed by atoms with Gasteiger partial charge in [-0.3, -0.25) is 9.69 Å². The lowest BCUT2D eigenvalue weighted by atomic mass is 9.98. The molecule has 7 heteroatoms. The van der Waals surface area contributed by atoms with Gasteiger partial charge in [0.25, 0.3) is 0 Å². The van der Waals surface area contributed by atoms with Crippen molar-refractivity contribution in [2.75, 3.05) is 21.0 Å². The van der Waals surface area contributed by atoms with Gasteiger partial charge in [0.2, 0.25) is 5.78 Å². The van der Waals surface area contributed by atoms with Crippen LogP contribution in [0.1, 0.15) is 32.6 Å². The number of carbonyl (C=O) groups is 1. The zero-order chi connectivity index (χ0) is 23.8. The third kappa shape index (κ3) is 3.99. The predicted octanol–water partition coefficient (Wildman–Crippen LogP) is 5.12. The van der Waals surface area contributed by atoms with Crippen LogP contribution in [0.3, 0.4) is 0 Å². The number of hydrogen-bond acceptors (Lipinski definition) is 6. The lowest BCUT2D eigenvalue weighted by molar-refractivity contribution is 0.0871. The molecule has 0 unspecified atom stereocenters. The summed E-state index contributed by atoms with van der Waals surface area (Å²) in [5.74, 6) is 2.15. The van der Waals surface area contributed by atoms with Gasteiger partial charge in [0, 0.05) is 13.1 Å². The zero-order valence-corrected chi connectivity index (χ0v) is 19.2. The van der Waals surface area contributed by atoms with Crippen LogP contribution in [0.15, 0.2) is 54.3 Å². The molecule has 0 aliphatic carbocycles. The van der Waals surface area contributed by atoms with Gasteiger partial charge in [0.15, 0.2) is 17.3 Å². The molecule has 0 amide bonds. The minimum Gasteiger partial charge on any atom is -0.493 e. The molecule has 0 N–H and O–H groups in total. The molecular weight excluding hydrogens is 437 g/mol. The molecular formula is C27H24FNO5. The normalized spacial score (nSPS) is 16.0. The Hall–Kier alpha value is -3.84. The first-order valence-electron chi connectivity index (χ1n) is 10.9. The second kappa shape index (κ2) is 8.83. The summed E-state index contributed by atoms with van der Waals surface area (Å²) in [6.07, 6.45) is 1.57. The summed E-state index contributed by atoms with van der Waals surface area (Å²) in [6.45, 7) is 3.43. The van der Waals surface area contributed by atoms with E-state index in [1.165, 1.54) is 12.1 Å². The highest BCUT2D eigenvalue weighted by Gasteiger charge is 2.35. The summed E-state index contributed by atoms with van der Waals surface area (Å²) in [5, 5.41) is 0. The van der Waals surface area contributed by atoms with Crippen molar-refractivity contribution in [1.82, 2.24) is 4.90 Å². The monoisotopic (exact) mass is 461 g/mol. The van der Waals surface area contributed by atoms with Crippen molar-refractivity contribution in [3.63, 3.8) is 0 Å². The Morgan fingerprint density at radius 2 is 1.91 bits per heavy atom. The summed E-state index contributed by atoms with van der Waals surface area (Å²) < 4.78 is 36.4. The maximum atomic E-state index is 13.6. The van der Waals surface area contributed by atoms with Gasteiger partial charge in [-0.1, -0.05) is 18.2 Å². The van der Waals surface area contributed by atoms with Gasteiger partial charge >= 0.3 is 0 Å². The van der Waals surface area contributed by atoms with Crippen LogP contribution in [0.5, 0.6) is 23.0 Å². The van der Waals surface area contributed by atoms with Gasteiger partial charge in [-0.2, -0.15) is 0 Å². The van der Waals surface area contributed by atoms with Crippen molar-refractivity contribution in [3.05, 3.63) is 87.9 Å². The summed E-state index contributed by atoms with van der Waals surface area (Å²) in [5.41, 5.74) is 3.74. The van der Waals surface area contributed by atoms with Gasteiger partial charge in [0.05, 0.1) is 25.3 Å². The van der Waals surface area contributed by atoms with Gasteiger partial charge in [0.1, 0.15) is 24.0 Å². The van der Waals surface area contributed by atoms with Crippen molar-refractivity contribution in [2.24, 2.45) is 0 Å². The highest BCUT2D eigenvalue weighted by molar-refractivity contribution is 6.15. The van der Waals surface area contributed by atoms with E-state index in [-0.39, 0.29) is 17.4 Å². The highest BCUT2D eigenvalue weighted by atomic mass is 19.1. The number of fused-ring (bicyclic) bond motifs is 3. The van der Waals surface area contributed by atoms with Crippen LogP contribution >= 0.6 is 0 Å². The quantitative estimate of drug-likeness (QED) is 0.492. The fourth-order valence-corrected chi connectivity index (χ4v) is 4.36. The first-order chi connectivity index (χ1) is 16.5. The Morgan fingerprint density at radius 1 is 1.09 bits per heavy atom. The summed E-state index contributed by atoms with van der Waals surface area (Å²) in [4.78, 5) is 15.2. The minimum absolute atomic E-state index is 0.175. The first-order valence-corrected chi connectivity index (χ1v) is 10.9. The molecule has 2 heterocycles. The van der Waals surface area contributed by atoms with E-state index >= 15 is 0 Å². The number of halogens is 1. The van der Waals surface area contributed by atoms with Gasteiger partial charge in [-0.15, -0.1) is 0 Å². The molecule has 0 atom stereocenters. The molecule has 174 valence electrons. The number of nitrogens with zero attached hydrogens (tertiary/aromatic N) is 1. The molecule has 34 heavy (non-hydrogen) atoms. The average molecular weight is 461 g/mol. The number of aryl methyl sites for hydroxylation is 1. The number of hydrogen-bond donors (Lipinski definition) is 0. The first kappa shape index (κ1) is 22.0. The Bertz CT molecular complexity index is 1320. The number of carbonyl (C=O) groups excluding carboxylic acids is 1. The maximum absolute atomic E-state index is 13.6. The minimum atomic E-state index is -0.370. The molecule has 0 aromatic heterocycles. The number of rotatable bonds is 5. The van der Waals surface area contributed by atoms with E-state index in [9.17, 15) is 9.18 Å². The van der Waals surface area contributed by atoms with E-state index < -0.39 is 0 Å². The van der Waals surface area contributed by atoms with Crippen molar-refractivity contribution < 1.29 is 28.1 Å². The third-order valence-corrected chi connectivity index (χ3v) is 5.99. The third-order valence-electron chi connectivity index (χ3n) is 5.99. The molecule has 0 saturated carbocycles. The molecule has 0 bridgehead atoms. The van der Waals surface area contributed by atoms with Crippen molar-refractivity contribution in [3.8, 4) is 23.0 Å². The molecule has 2 aliphatic heterocycles. The molecule has 3 aromatic carbocycles. The fourth-order valence-electron chi connectivity index (χ4n) is 4.36. The lowest BCUT2D eigenvalue weighted by Crippen LogP contribution is -2.31. The lowest BCUT2D eigenvalue weighted by Gasteiger charge is -2.30. The molecule has 0 fully saturated rings. The van der Waals surface area contributed by atoms with Crippen molar-refractivity contribution in [1.29, 1.82) is 0 Å². The van der Waals surface area contributed by atoms with Crippen LogP contribution in [0.2, 0.25) is 0 Å². The van der Waals surface area contributed by atoms with E-state index in [4.69, 9.17) is 18.9 Å². The topological polar surface area (TPSA) is 57.2 Å². The van der Waals surface area contributed by atoms with Crippen LogP contribution in [0, 0.1) is 12.7 Å². The highest BCUT2D eigenvalue weighted by Crippen LogP contribution is 2.44. The van der Waals surface area contributed by atoms with E-state index in [0.717, 1.165) is 16.7 Å². The number of benzene rings is 3. The Kier molecular flexibility index (Phi) is 5.71. The predicted molar refractivity (Wildman–Crippen MR) is 125 cm³/mol. The Morgan fingerprint density at radius 3 is 2.68 bits per heavy atom. The molecule has 3 aromatic rings. The van der Waals surface area contributed by atoms with Crippen LogP contribution in [-0.4, -0.2) is 31.6 Å². The van der Waals surface area contributed by atoms with E-state index in [1.54, 1.807) is 32.4 Å². The van der Waals surface area contributed by atoms with Crippen LogP contribution < -0.4 is 18.9 Å². The summed E-state index contributed by atoms with van der Waals surface area (Å²) >= 11 is 0. The molecule has 0 spiro atoms. The van der Waals surface area contributed by atoms with E-state index in [1.807, 2.05) is 31.2 Å². The van der Waals surface area contributed by atoms with E-state index in [0.29, 0.717) is 53.9 Å². The van der Waals surface area contributed by atoms with Gasteiger partial charge in [-0.25, -0.2) is 4.39 Å². The second-order valence-electron chi connectivity index (χ2n) is 8.32. The molecule has 5 rings (SSSR count). The van der Waals surface area contributed by atoms with Crippen LogP contribution in [0.4, 0.5) is 4.39 Å². The standard InChI is InChI=1S/C27H24FNO5/c1-16-9-22-20(14-29(15-33-22)13-18-7-8-21(31-2)23(12-18)32-3)27-25(16)26(30)24(34-27)11-17-5-4-6-19(28)10-17/h4-12H,13-15H2,1-3H3/b24-11-. The number of methoxy groups -OCH3 is 2. The SMILES string of the molecule is COc1ccc(CN2COc3cc(C)c4c(c3C2)O/C(=C\c2cccc(F)c2)C4=O)cc1OC. The zero-order valence-electron chi connectivity index (χ0n) is 19.2. The van der Waals surface area contributed by atoms with Crippen LogP contribution in [-0.2, 0) is 13.1 Å². The Labute approximate surface area is 197 Å². The second-order valence-corrected chi connectivity index (χ2v) is 8.32. The number of ketones is 1. The van der Waals surface area contributed by atoms with Gasteiger partial charge < -0.3 is 18.9 Å². The molecule has 2 aliphatic rings. The maximum Gasteiger partial charge on any atom is 0.232 e. The van der Waals surface area contributed by atoms with Crippen molar-refractivity contribution in [2.45, 2.75) is 20.0 Å². The van der Waals surface area contributed by atoms with E-state index in [2.05, 4.69) is 4.90 Å². The number of ether oxygens (including phenoxy) is 4. The van der Waals surface area contributed by atoms with Crippen molar-refractivity contribution >= 4 is 11.9 Å². The Balaban J connectivity index is 1.43. The average Bonchev–Trinajstić information content (AvgIpc) is 3.16. The summed E-state index contributed by atoms with van der Waals surface area (Å²) in [7, 11) is 3.21. The number of Topliss-reactive ketones (excluding diaryl/α,β-unsaturated/α-hetero) is 1. The smallest absolute Gasteiger partial charge is 0.232 e. The van der Waals surface area contributed by atoms with Crippen LogP contribution in [0.25, 0.3) is 6.08 Å². The molecule has 6 nitrogen and oxygen atoms in total. The number of allylic oxidation sites excluding steroid dienone is 1. The molecule has 0 radical (unpaired) electrons.